The molecule has 6 nitrogen and oxygen atoms in total. The van der Waals surface area contributed by atoms with Crippen molar-refractivity contribution in [2.45, 2.75) is 6.92 Å². The molecule has 22 heavy (non-hydrogen) atoms. The number of carbonyl (C=O) groups excluding carboxylic acids is 1. The van der Waals surface area contributed by atoms with E-state index < -0.39 is 21.8 Å². The molecule has 1 amide bonds. The van der Waals surface area contributed by atoms with Crippen LogP contribution in [0.2, 0.25) is 0 Å². The summed E-state index contributed by atoms with van der Waals surface area (Å²) in [6, 6.07) is 6.34. The van der Waals surface area contributed by atoms with Crippen LogP contribution >= 0.6 is 24.0 Å². The molecule has 1 aromatic carbocycles. The van der Waals surface area contributed by atoms with E-state index in [1.165, 1.54) is 12.1 Å². The first-order valence-corrected chi connectivity index (χ1v) is 8.97. The van der Waals surface area contributed by atoms with E-state index >= 15 is 0 Å². The van der Waals surface area contributed by atoms with Crippen molar-refractivity contribution in [1.29, 1.82) is 0 Å². The number of phenolic OH excluding ortho intramolecular Hbond substituents is 1. The van der Waals surface area contributed by atoms with Gasteiger partial charge in [-0.05, 0) is 30.2 Å². The number of phenols is 1. The second-order valence-electron chi connectivity index (χ2n) is 4.59. The summed E-state index contributed by atoms with van der Waals surface area (Å²) in [5.74, 6) is -0.973. The molecule has 1 fully saturated rings. The minimum absolute atomic E-state index is 0.116. The van der Waals surface area contributed by atoms with E-state index in [-0.39, 0.29) is 16.6 Å². The van der Waals surface area contributed by atoms with Crippen LogP contribution < -0.4 is 0 Å². The molecule has 0 aromatic heterocycles. The highest BCUT2D eigenvalue weighted by molar-refractivity contribution is 8.26. The van der Waals surface area contributed by atoms with Gasteiger partial charge in [0.05, 0.1) is 20.8 Å². The molecular formula is C13H12NO5S3-. The fourth-order valence-corrected chi connectivity index (χ4v) is 3.62. The van der Waals surface area contributed by atoms with Crippen LogP contribution in [-0.2, 0) is 14.9 Å². The van der Waals surface area contributed by atoms with Gasteiger partial charge in [0.15, 0.2) is 0 Å². The van der Waals surface area contributed by atoms with Gasteiger partial charge in [-0.15, -0.1) is 0 Å². The van der Waals surface area contributed by atoms with Gasteiger partial charge in [0.2, 0.25) is 0 Å². The lowest BCUT2D eigenvalue weighted by Crippen LogP contribution is -2.33. The lowest BCUT2D eigenvalue weighted by atomic mass is 10.1. The summed E-state index contributed by atoms with van der Waals surface area (Å²) in [6.07, 6.45) is 0. The molecule has 0 radical (unpaired) electrons. The summed E-state index contributed by atoms with van der Waals surface area (Å²) in [7, 11) is -4.41. The largest absolute Gasteiger partial charge is 0.748 e. The number of benzene rings is 1. The smallest absolute Gasteiger partial charge is 0.266 e. The second-order valence-corrected chi connectivity index (χ2v) is 7.76. The van der Waals surface area contributed by atoms with Crippen molar-refractivity contribution in [3.63, 3.8) is 0 Å². The molecule has 1 aliphatic heterocycles. The molecule has 0 unspecified atom stereocenters. The Balaban J connectivity index is 2.26. The van der Waals surface area contributed by atoms with Gasteiger partial charge >= 0.3 is 0 Å². The van der Waals surface area contributed by atoms with Crippen LogP contribution in [0.25, 0.3) is 5.57 Å². The zero-order chi connectivity index (χ0) is 16.5. The van der Waals surface area contributed by atoms with Crippen molar-refractivity contribution in [3.8, 4) is 5.75 Å². The number of amides is 1. The Hall–Kier alpha value is -1.42. The quantitative estimate of drug-likeness (QED) is 0.495. The van der Waals surface area contributed by atoms with Crippen LogP contribution in [0, 0.1) is 0 Å². The van der Waals surface area contributed by atoms with E-state index in [0.717, 1.165) is 22.2 Å². The topological polar surface area (TPSA) is 97.7 Å². The van der Waals surface area contributed by atoms with Crippen LogP contribution in [0.4, 0.5) is 0 Å². The normalized spacial score (nSPS) is 18.0. The summed E-state index contributed by atoms with van der Waals surface area (Å²) in [5, 5.41) is 9.28. The molecule has 1 saturated heterocycles. The first-order chi connectivity index (χ1) is 10.2. The first-order valence-electron chi connectivity index (χ1n) is 6.16. The average molecular weight is 358 g/mol. The molecule has 1 aromatic rings. The number of rotatable bonds is 4. The molecule has 1 heterocycles. The van der Waals surface area contributed by atoms with Crippen molar-refractivity contribution < 1.29 is 22.9 Å². The molecular weight excluding hydrogens is 346 g/mol. The van der Waals surface area contributed by atoms with Crippen LogP contribution in [0.15, 0.2) is 29.2 Å². The molecule has 2 rings (SSSR count). The van der Waals surface area contributed by atoms with Crippen molar-refractivity contribution in [2.75, 3.05) is 12.3 Å². The van der Waals surface area contributed by atoms with Gasteiger partial charge in [0, 0.05) is 6.54 Å². The fourth-order valence-electron chi connectivity index (χ4n) is 1.87. The van der Waals surface area contributed by atoms with E-state index in [9.17, 15) is 22.9 Å². The standard InChI is InChI=1S/C13H13NO5S3/c1-8(9-2-4-10(15)5-3-9)11-12(16)14(13(20)21-11)6-7-22(17,18)19/h2-5,15H,6-7H2,1H3,(H,17,18,19)/p-1/b11-8+. The Morgan fingerprint density at radius 1 is 1.36 bits per heavy atom. The van der Waals surface area contributed by atoms with Crippen LogP contribution in [0.1, 0.15) is 12.5 Å². The number of allylic oxidation sites excluding steroid dienone is 1. The second kappa shape index (κ2) is 6.37. The molecule has 0 spiro atoms. The van der Waals surface area contributed by atoms with Gasteiger partial charge in [0.1, 0.15) is 10.1 Å². The van der Waals surface area contributed by atoms with E-state index in [2.05, 4.69) is 0 Å². The highest BCUT2D eigenvalue weighted by Gasteiger charge is 2.33. The predicted octanol–water partition coefficient (Wildman–Crippen LogP) is 1.53. The highest BCUT2D eigenvalue weighted by Crippen LogP contribution is 2.36. The molecule has 1 aliphatic rings. The molecule has 0 aliphatic carbocycles. The number of nitrogens with zero attached hydrogens (tertiary/aromatic N) is 1. The maximum absolute atomic E-state index is 12.3. The summed E-state index contributed by atoms with van der Waals surface area (Å²) < 4.78 is 32.3. The van der Waals surface area contributed by atoms with Gasteiger partial charge in [-0.1, -0.05) is 36.1 Å². The van der Waals surface area contributed by atoms with Gasteiger partial charge in [-0.3, -0.25) is 9.69 Å². The Bertz CT molecular complexity index is 752. The SMILES string of the molecule is C/C(=C1\SC(=S)N(CCS(=O)(=O)[O-])C1=O)c1ccc(O)cc1. The Morgan fingerprint density at radius 3 is 2.50 bits per heavy atom. The third kappa shape index (κ3) is 3.86. The third-order valence-corrected chi connectivity index (χ3v) is 5.29. The minimum Gasteiger partial charge on any atom is -0.748 e. The average Bonchev–Trinajstić information content (AvgIpc) is 2.71. The van der Waals surface area contributed by atoms with E-state index in [4.69, 9.17) is 12.2 Å². The maximum atomic E-state index is 12.3. The Kier molecular flexibility index (Phi) is 4.90. The molecule has 1 N–H and O–H groups in total. The Labute approximate surface area is 137 Å². The van der Waals surface area contributed by atoms with Crippen molar-refractivity contribution in [1.82, 2.24) is 4.90 Å². The maximum Gasteiger partial charge on any atom is 0.266 e. The van der Waals surface area contributed by atoms with Crippen molar-refractivity contribution in [3.05, 3.63) is 34.7 Å². The third-order valence-electron chi connectivity index (χ3n) is 3.05. The number of thioether (sulfide) groups is 1. The van der Waals surface area contributed by atoms with Gasteiger partial charge in [0.25, 0.3) is 5.91 Å². The van der Waals surface area contributed by atoms with Crippen LogP contribution in [0.3, 0.4) is 0 Å². The number of hydrogen-bond donors (Lipinski definition) is 1. The molecule has 0 bridgehead atoms. The lowest BCUT2D eigenvalue weighted by Gasteiger charge is -2.15. The molecule has 9 heteroatoms. The summed E-state index contributed by atoms with van der Waals surface area (Å²) >= 11 is 6.14. The minimum atomic E-state index is -4.41. The Morgan fingerprint density at radius 2 is 1.95 bits per heavy atom. The summed E-state index contributed by atoms with van der Waals surface area (Å²) in [5.41, 5.74) is 1.42. The summed E-state index contributed by atoms with van der Waals surface area (Å²) in [4.78, 5) is 13.8. The fraction of sp³-hybridized carbons (Fsp3) is 0.231. The van der Waals surface area contributed by atoms with Gasteiger partial charge in [-0.2, -0.15) is 0 Å². The van der Waals surface area contributed by atoms with Crippen LogP contribution in [0.5, 0.6) is 5.75 Å². The predicted molar refractivity (Wildman–Crippen MR) is 87.2 cm³/mol. The number of hydrogen-bond acceptors (Lipinski definition) is 7. The van der Waals surface area contributed by atoms with Crippen molar-refractivity contribution in [2.24, 2.45) is 0 Å². The zero-order valence-corrected chi connectivity index (χ0v) is 13.9. The monoisotopic (exact) mass is 358 g/mol. The molecule has 118 valence electrons. The number of aromatic hydroxyl groups is 1. The molecule has 0 atom stereocenters. The molecule has 0 saturated carbocycles. The van der Waals surface area contributed by atoms with E-state index in [0.29, 0.717) is 10.5 Å². The van der Waals surface area contributed by atoms with Crippen LogP contribution in [-0.4, -0.2) is 45.5 Å². The van der Waals surface area contributed by atoms with Gasteiger partial charge < -0.3 is 9.66 Å². The number of thiocarbonyl (C=S) groups is 1. The number of carbonyl (C=O) groups is 1. The first kappa shape index (κ1) is 16.9. The highest BCUT2D eigenvalue weighted by atomic mass is 32.2. The van der Waals surface area contributed by atoms with E-state index in [1.54, 1.807) is 19.1 Å². The zero-order valence-electron chi connectivity index (χ0n) is 11.5. The summed E-state index contributed by atoms with van der Waals surface area (Å²) in [6.45, 7) is 1.49. The van der Waals surface area contributed by atoms with Crippen molar-refractivity contribution >= 4 is 49.9 Å². The van der Waals surface area contributed by atoms with E-state index in [1.807, 2.05) is 0 Å². The lowest BCUT2D eigenvalue weighted by molar-refractivity contribution is -0.121. The van der Waals surface area contributed by atoms with Gasteiger partial charge in [-0.25, -0.2) is 8.42 Å².